The quantitative estimate of drug-likeness (QED) is 0.342. The third-order valence-corrected chi connectivity index (χ3v) is 4.77. The first-order valence-corrected chi connectivity index (χ1v) is 9.33. The van der Waals surface area contributed by atoms with Crippen molar-refractivity contribution in [1.82, 2.24) is 14.5 Å². The fourth-order valence-corrected chi connectivity index (χ4v) is 3.38. The van der Waals surface area contributed by atoms with Crippen LogP contribution in [0, 0.1) is 15.9 Å². The van der Waals surface area contributed by atoms with E-state index in [4.69, 9.17) is 4.74 Å². The monoisotopic (exact) mass is 423 g/mol. The molecule has 2 aromatic carbocycles. The molecule has 2 heterocycles. The van der Waals surface area contributed by atoms with Gasteiger partial charge in [0.2, 0.25) is 11.8 Å². The molecule has 2 N–H and O–H groups in total. The first kappa shape index (κ1) is 20.2. The lowest BCUT2D eigenvalue weighted by Gasteiger charge is -2.11. The number of nitrogens with zero attached hydrogens (tertiary/aromatic N) is 4. The van der Waals surface area contributed by atoms with Crippen molar-refractivity contribution in [2.75, 3.05) is 19.0 Å². The van der Waals surface area contributed by atoms with Gasteiger partial charge in [-0.3, -0.25) is 10.1 Å². The average molecular weight is 423 g/mol. The summed E-state index contributed by atoms with van der Waals surface area (Å²) in [5, 5.41) is 24.3. The van der Waals surface area contributed by atoms with Crippen molar-refractivity contribution in [1.29, 1.82) is 0 Å². The molecule has 0 atom stereocenters. The fraction of sp³-hybridized carbons (Fsp3) is 0.143. The summed E-state index contributed by atoms with van der Waals surface area (Å²) < 4.78 is 21.0. The van der Waals surface area contributed by atoms with Crippen LogP contribution >= 0.6 is 0 Å². The molecular weight excluding hydrogens is 405 g/mol. The Kier molecular flexibility index (Phi) is 5.46. The van der Waals surface area contributed by atoms with Gasteiger partial charge < -0.3 is 19.7 Å². The predicted molar refractivity (Wildman–Crippen MR) is 113 cm³/mol. The molecule has 0 saturated heterocycles. The molecule has 31 heavy (non-hydrogen) atoms. The third kappa shape index (κ3) is 3.88. The maximum atomic E-state index is 13.9. The van der Waals surface area contributed by atoms with E-state index in [9.17, 15) is 19.6 Å². The molecule has 2 aromatic heterocycles. The zero-order valence-electron chi connectivity index (χ0n) is 16.4. The van der Waals surface area contributed by atoms with E-state index in [1.54, 1.807) is 12.3 Å². The van der Waals surface area contributed by atoms with Gasteiger partial charge >= 0.3 is 5.69 Å². The van der Waals surface area contributed by atoms with E-state index in [1.807, 2.05) is 35.0 Å². The number of aromatic nitrogens is 3. The molecule has 0 unspecified atom stereocenters. The maximum Gasteiger partial charge on any atom is 0.307 e. The number of anilines is 2. The number of halogens is 1. The summed E-state index contributed by atoms with van der Waals surface area (Å²) in [7, 11) is 1.33. The summed E-state index contributed by atoms with van der Waals surface area (Å²) in [6.07, 6.45) is 3.45. The Hall–Kier alpha value is -4.05. The van der Waals surface area contributed by atoms with Crippen LogP contribution in [-0.4, -0.2) is 38.3 Å². The zero-order valence-corrected chi connectivity index (χ0v) is 16.4. The molecule has 0 fully saturated rings. The Balaban J connectivity index is 1.75. The zero-order chi connectivity index (χ0) is 22.0. The molecule has 4 rings (SSSR count). The minimum atomic E-state index is -1.00. The van der Waals surface area contributed by atoms with Crippen LogP contribution in [-0.2, 0) is 6.54 Å². The van der Waals surface area contributed by atoms with Gasteiger partial charge in [-0.05, 0) is 12.1 Å². The first-order valence-electron chi connectivity index (χ1n) is 9.33. The van der Waals surface area contributed by atoms with E-state index in [0.717, 1.165) is 28.6 Å². The SMILES string of the molecule is COc1cc(F)c([N+](=O)[O-])cc1Nc1nccc(-c2cn(CCO)c3ccccc23)n1. The molecule has 0 aliphatic heterocycles. The molecule has 0 amide bonds. The summed E-state index contributed by atoms with van der Waals surface area (Å²) in [6.45, 7) is 0.436. The van der Waals surface area contributed by atoms with Gasteiger partial charge in [-0.25, -0.2) is 9.97 Å². The Morgan fingerprint density at radius 1 is 1.29 bits per heavy atom. The summed E-state index contributed by atoms with van der Waals surface area (Å²) in [6, 6.07) is 11.5. The molecular formula is C21H18FN5O4. The van der Waals surface area contributed by atoms with Crippen molar-refractivity contribution in [2.45, 2.75) is 6.54 Å². The number of hydrogen-bond acceptors (Lipinski definition) is 7. The van der Waals surface area contributed by atoms with Crippen LogP contribution in [0.2, 0.25) is 0 Å². The van der Waals surface area contributed by atoms with Gasteiger partial charge in [-0.2, -0.15) is 4.39 Å². The minimum Gasteiger partial charge on any atom is -0.494 e. The molecule has 0 spiro atoms. The van der Waals surface area contributed by atoms with E-state index in [0.29, 0.717) is 12.2 Å². The van der Waals surface area contributed by atoms with Gasteiger partial charge in [0.1, 0.15) is 5.75 Å². The predicted octanol–water partition coefficient (Wildman–Crippen LogP) is 3.89. The van der Waals surface area contributed by atoms with Crippen LogP contribution < -0.4 is 10.1 Å². The van der Waals surface area contributed by atoms with E-state index in [2.05, 4.69) is 15.3 Å². The lowest BCUT2D eigenvalue weighted by molar-refractivity contribution is -0.387. The molecule has 0 radical (unpaired) electrons. The number of aliphatic hydroxyl groups excluding tert-OH is 1. The van der Waals surface area contributed by atoms with Gasteiger partial charge in [0, 0.05) is 47.5 Å². The highest BCUT2D eigenvalue weighted by atomic mass is 19.1. The number of aliphatic hydroxyl groups is 1. The van der Waals surface area contributed by atoms with E-state index >= 15 is 0 Å². The van der Waals surface area contributed by atoms with Crippen LogP contribution in [0.15, 0.2) is 54.9 Å². The van der Waals surface area contributed by atoms with Crippen molar-refractivity contribution in [3.63, 3.8) is 0 Å². The number of methoxy groups -OCH3 is 1. The highest BCUT2D eigenvalue weighted by Gasteiger charge is 2.20. The molecule has 4 aromatic rings. The lowest BCUT2D eigenvalue weighted by Crippen LogP contribution is -2.02. The molecule has 9 nitrogen and oxygen atoms in total. The summed E-state index contributed by atoms with van der Waals surface area (Å²) in [4.78, 5) is 19.0. The number of nitrogens with one attached hydrogen (secondary N) is 1. The molecule has 0 saturated carbocycles. The number of rotatable bonds is 7. The van der Waals surface area contributed by atoms with Gasteiger partial charge in [0.25, 0.3) is 0 Å². The molecule has 0 aliphatic rings. The van der Waals surface area contributed by atoms with Gasteiger partial charge in [0.05, 0.1) is 30.0 Å². The van der Waals surface area contributed by atoms with E-state index in [1.165, 1.54) is 7.11 Å². The van der Waals surface area contributed by atoms with Crippen LogP contribution in [0.5, 0.6) is 5.75 Å². The number of para-hydroxylation sites is 1. The molecule has 158 valence electrons. The standard InChI is InChI=1S/C21H18FN5O4/c1-31-20-10-15(22)19(27(29)30)11-17(20)25-21-23-7-6-16(24-21)14-12-26(8-9-28)18-5-3-2-4-13(14)18/h2-7,10-12,28H,8-9H2,1H3,(H,23,24,25). The summed E-state index contributed by atoms with van der Waals surface area (Å²) >= 11 is 0. The van der Waals surface area contributed by atoms with Crippen molar-refractivity contribution in [3.05, 3.63) is 70.8 Å². The number of benzene rings is 2. The Morgan fingerprint density at radius 2 is 2.10 bits per heavy atom. The van der Waals surface area contributed by atoms with Crippen LogP contribution in [0.4, 0.5) is 21.7 Å². The number of fused-ring (bicyclic) bond motifs is 1. The van der Waals surface area contributed by atoms with Gasteiger partial charge in [0.15, 0.2) is 0 Å². The third-order valence-electron chi connectivity index (χ3n) is 4.77. The second-order valence-electron chi connectivity index (χ2n) is 6.63. The van der Waals surface area contributed by atoms with Crippen molar-refractivity contribution in [2.24, 2.45) is 0 Å². The Labute approximate surface area is 175 Å². The van der Waals surface area contributed by atoms with Gasteiger partial charge in [-0.15, -0.1) is 0 Å². The minimum absolute atomic E-state index is 0.00215. The summed E-state index contributed by atoms with van der Waals surface area (Å²) in [5.41, 5.74) is 1.88. The molecule has 0 bridgehead atoms. The second kappa shape index (κ2) is 8.36. The topological polar surface area (TPSA) is 115 Å². The summed E-state index contributed by atoms with van der Waals surface area (Å²) in [5.74, 6) is -0.758. The second-order valence-corrected chi connectivity index (χ2v) is 6.63. The van der Waals surface area contributed by atoms with Crippen LogP contribution in [0.3, 0.4) is 0 Å². The molecule has 0 aliphatic carbocycles. The number of nitro groups is 1. The number of nitro benzene ring substituents is 1. The fourth-order valence-electron chi connectivity index (χ4n) is 3.38. The maximum absolute atomic E-state index is 13.9. The first-order chi connectivity index (χ1) is 15.0. The van der Waals surface area contributed by atoms with Crippen molar-refractivity contribution >= 4 is 28.2 Å². The van der Waals surface area contributed by atoms with Crippen LogP contribution in [0.25, 0.3) is 22.2 Å². The van der Waals surface area contributed by atoms with Crippen molar-refractivity contribution < 1.29 is 19.2 Å². The van der Waals surface area contributed by atoms with E-state index in [-0.39, 0.29) is 24.0 Å². The number of ether oxygens (including phenoxy) is 1. The highest BCUT2D eigenvalue weighted by Crippen LogP contribution is 2.34. The molecule has 10 heteroatoms. The lowest BCUT2D eigenvalue weighted by atomic mass is 10.1. The van der Waals surface area contributed by atoms with Crippen LogP contribution in [0.1, 0.15) is 0 Å². The van der Waals surface area contributed by atoms with Crippen molar-refractivity contribution in [3.8, 4) is 17.0 Å². The average Bonchev–Trinajstić information content (AvgIpc) is 3.13. The Morgan fingerprint density at radius 3 is 2.84 bits per heavy atom. The largest absolute Gasteiger partial charge is 0.494 e. The smallest absolute Gasteiger partial charge is 0.307 e. The Bertz CT molecular complexity index is 1270. The van der Waals surface area contributed by atoms with E-state index < -0.39 is 16.4 Å². The number of hydrogen-bond donors (Lipinski definition) is 2. The normalized spacial score (nSPS) is 10.9. The van der Waals surface area contributed by atoms with Gasteiger partial charge in [-0.1, -0.05) is 18.2 Å². The highest BCUT2D eigenvalue weighted by molar-refractivity contribution is 5.95.